The van der Waals surface area contributed by atoms with Crippen molar-refractivity contribution in [3.63, 3.8) is 0 Å². The zero-order valence-corrected chi connectivity index (χ0v) is 12.4. The van der Waals surface area contributed by atoms with Gasteiger partial charge in [0.05, 0.1) is 11.0 Å². The number of hydrogen-bond acceptors (Lipinski definition) is 3. The van der Waals surface area contributed by atoms with Crippen molar-refractivity contribution in [3.8, 4) is 0 Å². The largest absolute Gasteiger partial charge is 0.351 e. The molecule has 21 heavy (non-hydrogen) atoms. The van der Waals surface area contributed by atoms with E-state index in [4.69, 9.17) is 0 Å². The number of aryl methyl sites for hydroxylation is 1. The predicted molar refractivity (Wildman–Crippen MR) is 83.0 cm³/mol. The highest BCUT2D eigenvalue weighted by Crippen LogP contribution is 2.15. The van der Waals surface area contributed by atoms with Crippen LogP contribution in [0.1, 0.15) is 12.7 Å². The van der Waals surface area contributed by atoms with Crippen LogP contribution in [-0.4, -0.2) is 35.1 Å². The molecule has 2 aromatic rings. The second-order valence-electron chi connectivity index (χ2n) is 5.39. The number of rotatable bonds is 4. The molecular formula is C16H20N4O. The molecule has 0 radical (unpaired) electrons. The second-order valence-corrected chi connectivity index (χ2v) is 5.39. The van der Waals surface area contributed by atoms with Crippen LogP contribution in [0.3, 0.4) is 0 Å². The fraction of sp³-hybridized carbons (Fsp3) is 0.375. The maximum Gasteiger partial charge on any atom is 0.247 e. The molecule has 1 aromatic heterocycles. The molecule has 1 saturated heterocycles. The smallest absolute Gasteiger partial charge is 0.247 e. The number of hydrogen-bond donors (Lipinski definition) is 2. The Balaban J connectivity index is 1.64. The van der Waals surface area contributed by atoms with Crippen molar-refractivity contribution < 1.29 is 4.79 Å². The summed E-state index contributed by atoms with van der Waals surface area (Å²) in [7, 11) is 0. The first kappa shape index (κ1) is 13.8. The third-order valence-electron chi connectivity index (χ3n) is 4.01. The van der Waals surface area contributed by atoms with Crippen LogP contribution in [0, 0.1) is 6.92 Å². The molecule has 110 valence electrons. The summed E-state index contributed by atoms with van der Waals surface area (Å²) in [4.78, 5) is 16.6. The van der Waals surface area contributed by atoms with Gasteiger partial charge in [0.25, 0.3) is 0 Å². The Morgan fingerprint density at radius 1 is 1.38 bits per heavy atom. The lowest BCUT2D eigenvalue weighted by atomic mass is 10.0. The van der Waals surface area contributed by atoms with Gasteiger partial charge in [0.1, 0.15) is 5.82 Å². The van der Waals surface area contributed by atoms with Crippen LogP contribution in [0.25, 0.3) is 11.0 Å². The number of benzene rings is 1. The topological polar surface area (TPSA) is 59.0 Å². The van der Waals surface area contributed by atoms with Crippen LogP contribution in [0.4, 0.5) is 0 Å². The van der Waals surface area contributed by atoms with Gasteiger partial charge >= 0.3 is 0 Å². The van der Waals surface area contributed by atoms with Gasteiger partial charge in [0.15, 0.2) is 0 Å². The monoisotopic (exact) mass is 284 g/mol. The van der Waals surface area contributed by atoms with Crippen molar-refractivity contribution in [1.29, 1.82) is 0 Å². The summed E-state index contributed by atoms with van der Waals surface area (Å²) in [5.41, 5.74) is 4.17. The zero-order valence-electron chi connectivity index (χ0n) is 12.4. The van der Waals surface area contributed by atoms with Gasteiger partial charge in [-0.05, 0) is 31.6 Å². The summed E-state index contributed by atoms with van der Waals surface area (Å²) < 4.78 is 2.14. The van der Waals surface area contributed by atoms with Crippen LogP contribution in [0.15, 0.2) is 35.4 Å². The molecule has 0 unspecified atom stereocenters. The molecule has 2 heterocycles. The number of nitrogens with zero attached hydrogens (tertiary/aromatic N) is 2. The van der Waals surface area contributed by atoms with E-state index in [1.54, 1.807) is 0 Å². The first-order valence-corrected chi connectivity index (χ1v) is 7.26. The Bertz CT molecular complexity index is 708. The number of nitrogens with one attached hydrogen (secondary N) is 2. The number of imidazole rings is 1. The molecule has 0 saturated carbocycles. The van der Waals surface area contributed by atoms with Gasteiger partial charge in [0, 0.05) is 31.8 Å². The molecule has 1 aliphatic heterocycles. The lowest BCUT2D eigenvalue weighted by molar-refractivity contribution is -0.117. The van der Waals surface area contributed by atoms with Crippen molar-refractivity contribution in [1.82, 2.24) is 20.2 Å². The first-order chi connectivity index (χ1) is 10.2. The van der Waals surface area contributed by atoms with E-state index < -0.39 is 0 Å². The number of para-hydroxylation sites is 2. The van der Waals surface area contributed by atoms with E-state index in [2.05, 4.69) is 26.3 Å². The molecule has 2 N–H and O–H groups in total. The van der Waals surface area contributed by atoms with Crippen LogP contribution in [0.5, 0.6) is 0 Å². The van der Waals surface area contributed by atoms with E-state index in [1.807, 2.05) is 32.0 Å². The van der Waals surface area contributed by atoms with Gasteiger partial charge in [-0.15, -0.1) is 0 Å². The average molecular weight is 284 g/mol. The van der Waals surface area contributed by atoms with Crippen molar-refractivity contribution in [2.75, 3.05) is 19.6 Å². The summed E-state index contributed by atoms with van der Waals surface area (Å²) in [6.07, 6.45) is 0. The number of fused-ring (bicyclic) bond motifs is 1. The van der Waals surface area contributed by atoms with Gasteiger partial charge in [0.2, 0.25) is 5.91 Å². The first-order valence-electron chi connectivity index (χ1n) is 7.26. The molecule has 1 fully saturated rings. The highest BCUT2D eigenvalue weighted by Gasteiger charge is 2.15. The lowest BCUT2D eigenvalue weighted by Gasteiger charge is -2.21. The molecule has 1 amide bonds. The van der Waals surface area contributed by atoms with Crippen molar-refractivity contribution in [2.45, 2.75) is 20.4 Å². The maximum atomic E-state index is 12.0. The van der Waals surface area contributed by atoms with Crippen LogP contribution >= 0.6 is 0 Å². The molecule has 0 atom stereocenters. The van der Waals surface area contributed by atoms with E-state index >= 15 is 0 Å². The van der Waals surface area contributed by atoms with Gasteiger partial charge in [-0.25, -0.2) is 4.98 Å². The molecule has 0 bridgehead atoms. The Hall–Kier alpha value is -2.14. The summed E-state index contributed by atoms with van der Waals surface area (Å²) in [5.74, 6) is 1.01. The third-order valence-corrected chi connectivity index (χ3v) is 4.01. The molecular weight excluding hydrogens is 264 g/mol. The van der Waals surface area contributed by atoms with E-state index in [0.29, 0.717) is 6.54 Å². The number of carbonyl (C=O) groups excluding carboxylic acids is 1. The molecule has 0 spiro atoms. The maximum absolute atomic E-state index is 12.0. The quantitative estimate of drug-likeness (QED) is 0.834. The number of amides is 1. The van der Waals surface area contributed by atoms with Crippen LogP contribution in [-0.2, 0) is 11.3 Å². The van der Waals surface area contributed by atoms with Gasteiger partial charge in [-0.2, -0.15) is 0 Å². The van der Waals surface area contributed by atoms with Gasteiger partial charge in [-0.3, -0.25) is 4.79 Å². The van der Waals surface area contributed by atoms with Gasteiger partial charge in [-0.1, -0.05) is 12.1 Å². The minimum Gasteiger partial charge on any atom is -0.351 e. The SMILES string of the molecule is CC(C(=O)NCCn1c(C)nc2ccccc21)=C1CNC1. The Labute approximate surface area is 124 Å². The van der Waals surface area contributed by atoms with Crippen molar-refractivity contribution >= 4 is 16.9 Å². The molecule has 3 rings (SSSR count). The molecule has 1 aliphatic rings. The van der Waals surface area contributed by atoms with E-state index in [1.165, 1.54) is 5.57 Å². The minimum absolute atomic E-state index is 0.0357. The Morgan fingerprint density at radius 2 is 2.14 bits per heavy atom. The summed E-state index contributed by atoms with van der Waals surface area (Å²) >= 11 is 0. The Kier molecular flexibility index (Phi) is 3.75. The summed E-state index contributed by atoms with van der Waals surface area (Å²) in [6, 6.07) is 8.07. The van der Waals surface area contributed by atoms with Crippen molar-refractivity contribution in [2.24, 2.45) is 0 Å². The third kappa shape index (κ3) is 2.69. The second kappa shape index (κ2) is 5.69. The van der Waals surface area contributed by atoms with Gasteiger partial charge < -0.3 is 15.2 Å². The zero-order chi connectivity index (χ0) is 14.8. The fourth-order valence-electron chi connectivity index (χ4n) is 2.57. The normalized spacial score (nSPS) is 14.1. The molecule has 5 heteroatoms. The Morgan fingerprint density at radius 3 is 2.86 bits per heavy atom. The van der Waals surface area contributed by atoms with Crippen molar-refractivity contribution in [3.05, 3.63) is 41.2 Å². The standard InChI is InChI=1S/C16H20N4O/c1-11(13-9-17-10-13)16(21)18-7-8-20-12(2)19-14-5-3-4-6-15(14)20/h3-6,17H,7-10H2,1-2H3,(H,18,21). The average Bonchev–Trinajstić information content (AvgIpc) is 2.73. The molecule has 0 aliphatic carbocycles. The highest BCUT2D eigenvalue weighted by molar-refractivity contribution is 5.93. The molecule has 1 aromatic carbocycles. The number of aromatic nitrogens is 2. The highest BCUT2D eigenvalue weighted by atomic mass is 16.1. The van der Waals surface area contributed by atoms with E-state index in [0.717, 1.165) is 42.1 Å². The predicted octanol–water partition coefficient (Wildman–Crippen LogP) is 1.38. The lowest BCUT2D eigenvalue weighted by Crippen LogP contribution is -2.38. The van der Waals surface area contributed by atoms with Crippen LogP contribution in [0.2, 0.25) is 0 Å². The summed E-state index contributed by atoms with van der Waals surface area (Å²) in [5, 5.41) is 6.14. The fourth-order valence-corrected chi connectivity index (χ4v) is 2.57. The van der Waals surface area contributed by atoms with E-state index in [9.17, 15) is 4.79 Å². The molecule has 5 nitrogen and oxygen atoms in total. The van der Waals surface area contributed by atoms with E-state index in [-0.39, 0.29) is 5.91 Å². The minimum atomic E-state index is 0.0357. The number of carbonyl (C=O) groups is 1. The summed E-state index contributed by atoms with van der Waals surface area (Å²) in [6.45, 7) is 6.91. The van der Waals surface area contributed by atoms with Crippen LogP contribution < -0.4 is 10.6 Å².